The normalized spacial score (nSPS) is 14.7. The second-order valence-corrected chi connectivity index (χ2v) is 7.56. The number of anilines is 1. The Morgan fingerprint density at radius 1 is 1.10 bits per heavy atom. The van der Waals surface area contributed by atoms with Gasteiger partial charge in [0.15, 0.2) is 0 Å². The van der Waals surface area contributed by atoms with Gasteiger partial charge >= 0.3 is 0 Å². The van der Waals surface area contributed by atoms with Gasteiger partial charge in [0.2, 0.25) is 5.95 Å². The van der Waals surface area contributed by atoms with Crippen LogP contribution in [0.3, 0.4) is 0 Å². The van der Waals surface area contributed by atoms with Crippen molar-refractivity contribution in [3.63, 3.8) is 0 Å². The van der Waals surface area contributed by atoms with Crippen LogP contribution in [0.1, 0.15) is 18.4 Å². The van der Waals surface area contributed by atoms with E-state index in [1.54, 1.807) is 37.2 Å². The number of methoxy groups -OCH3 is 1. The molecular weight excluding hydrogens is 378 g/mol. The number of hydrogen-bond acceptors (Lipinski definition) is 6. The molecule has 3 aromatic rings. The topological polar surface area (TPSA) is 72.3 Å². The number of rotatable bonds is 6. The fourth-order valence-electron chi connectivity index (χ4n) is 3.77. The molecule has 7 heteroatoms. The number of pyridine rings is 1. The first-order valence-electron chi connectivity index (χ1n) is 10.2. The molecule has 7 nitrogen and oxygen atoms in total. The summed E-state index contributed by atoms with van der Waals surface area (Å²) in [6.45, 7) is 2.56. The number of ether oxygens (including phenoxy) is 1. The van der Waals surface area contributed by atoms with E-state index >= 15 is 0 Å². The molecule has 1 fully saturated rings. The van der Waals surface area contributed by atoms with E-state index in [2.05, 4.69) is 27.3 Å². The maximum atomic E-state index is 12.5. The van der Waals surface area contributed by atoms with E-state index in [4.69, 9.17) is 9.72 Å². The van der Waals surface area contributed by atoms with Crippen molar-refractivity contribution in [3.8, 4) is 17.0 Å². The van der Waals surface area contributed by atoms with E-state index in [9.17, 15) is 4.79 Å². The molecule has 0 saturated carbocycles. The molecule has 1 aliphatic rings. The number of nitrogens with zero attached hydrogens (tertiary/aromatic N) is 4. The first-order valence-corrected chi connectivity index (χ1v) is 10.2. The molecule has 0 radical (unpaired) electrons. The fraction of sp³-hybridized carbons (Fsp3) is 0.348. The van der Waals surface area contributed by atoms with E-state index in [0.29, 0.717) is 11.7 Å². The molecule has 1 saturated heterocycles. The van der Waals surface area contributed by atoms with E-state index in [1.165, 1.54) is 5.56 Å². The minimum atomic E-state index is -0.0495. The Balaban J connectivity index is 1.40. The lowest BCUT2D eigenvalue weighted by Crippen LogP contribution is -2.44. The molecule has 30 heavy (non-hydrogen) atoms. The molecular formula is C23H27N5O2. The fourth-order valence-corrected chi connectivity index (χ4v) is 3.77. The SMILES string of the molecule is COc1ccc(CNC2CCN(c3nc(-c4ccncc4)cc(=O)n3C)CC2)cc1. The third-order valence-corrected chi connectivity index (χ3v) is 5.62. The quantitative estimate of drug-likeness (QED) is 0.680. The summed E-state index contributed by atoms with van der Waals surface area (Å²) in [7, 11) is 3.47. The lowest BCUT2D eigenvalue weighted by Gasteiger charge is -2.34. The van der Waals surface area contributed by atoms with Gasteiger partial charge in [-0.1, -0.05) is 12.1 Å². The van der Waals surface area contributed by atoms with E-state index in [0.717, 1.165) is 49.7 Å². The van der Waals surface area contributed by atoms with Crippen molar-refractivity contribution in [1.29, 1.82) is 0 Å². The zero-order chi connectivity index (χ0) is 20.9. The molecule has 0 bridgehead atoms. The minimum Gasteiger partial charge on any atom is -0.497 e. The summed E-state index contributed by atoms with van der Waals surface area (Å²) < 4.78 is 6.85. The average Bonchev–Trinajstić information content (AvgIpc) is 2.81. The summed E-state index contributed by atoms with van der Waals surface area (Å²) >= 11 is 0. The Hall–Kier alpha value is -3.19. The van der Waals surface area contributed by atoms with Crippen LogP contribution in [0.5, 0.6) is 5.75 Å². The summed E-state index contributed by atoms with van der Waals surface area (Å²) in [4.78, 5) is 23.5. The molecule has 0 aliphatic carbocycles. The third-order valence-electron chi connectivity index (χ3n) is 5.62. The standard InChI is InChI=1S/C23H27N5O2/c1-27-22(29)15-21(18-7-11-24-12-8-18)26-23(27)28-13-9-19(10-14-28)25-16-17-3-5-20(30-2)6-4-17/h3-8,11-12,15,19,25H,9-10,13-14,16H2,1-2H3. The van der Waals surface area contributed by atoms with Gasteiger partial charge in [0, 0.05) is 56.7 Å². The number of hydrogen-bond donors (Lipinski definition) is 1. The molecule has 0 atom stereocenters. The Kier molecular flexibility index (Phi) is 6.09. The van der Waals surface area contributed by atoms with Crippen LogP contribution in [0.15, 0.2) is 59.7 Å². The maximum absolute atomic E-state index is 12.5. The van der Waals surface area contributed by atoms with Crippen LogP contribution in [0.25, 0.3) is 11.3 Å². The van der Waals surface area contributed by atoms with Crippen molar-refractivity contribution in [2.24, 2.45) is 7.05 Å². The molecule has 1 N–H and O–H groups in total. The lowest BCUT2D eigenvalue weighted by molar-refractivity contribution is 0.407. The molecule has 0 unspecified atom stereocenters. The van der Waals surface area contributed by atoms with Gasteiger partial charge in [-0.05, 0) is 42.7 Å². The van der Waals surface area contributed by atoms with Gasteiger partial charge < -0.3 is 15.0 Å². The molecule has 3 heterocycles. The Labute approximate surface area is 176 Å². The monoisotopic (exact) mass is 405 g/mol. The van der Waals surface area contributed by atoms with Crippen molar-refractivity contribution in [3.05, 3.63) is 70.8 Å². The van der Waals surface area contributed by atoms with Crippen LogP contribution in [0, 0.1) is 0 Å². The largest absolute Gasteiger partial charge is 0.497 e. The Morgan fingerprint density at radius 2 is 1.80 bits per heavy atom. The summed E-state index contributed by atoms with van der Waals surface area (Å²) in [5.74, 6) is 1.60. The van der Waals surface area contributed by atoms with Crippen molar-refractivity contribution < 1.29 is 4.74 Å². The predicted octanol–water partition coefficient (Wildman–Crippen LogP) is 2.61. The average molecular weight is 406 g/mol. The van der Waals surface area contributed by atoms with Crippen LogP contribution < -0.4 is 20.5 Å². The number of benzene rings is 1. The first kappa shape index (κ1) is 20.1. The van der Waals surface area contributed by atoms with Crippen LogP contribution in [-0.4, -0.2) is 40.8 Å². The Morgan fingerprint density at radius 3 is 2.47 bits per heavy atom. The molecule has 0 amide bonds. The predicted molar refractivity (Wildman–Crippen MR) is 118 cm³/mol. The van der Waals surface area contributed by atoms with Gasteiger partial charge in [-0.25, -0.2) is 4.98 Å². The summed E-state index contributed by atoms with van der Waals surface area (Å²) in [6.07, 6.45) is 5.44. The van der Waals surface area contributed by atoms with E-state index in [-0.39, 0.29) is 5.56 Å². The van der Waals surface area contributed by atoms with Gasteiger partial charge in [0.05, 0.1) is 12.8 Å². The van der Waals surface area contributed by atoms with Gasteiger partial charge in [0.1, 0.15) is 5.75 Å². The first-order chi connectivity index (χ1) is 14.6. The zero-order valence-corrected chi connectivity index (χ0v) is 17.4. The van der Waals surface area contributed by atoms with Crippen molar-refractivity contribution in [2.45, 2.75) is 25.4 Å². The molecule has 2 aromatic heterocycles. The van der Waals surface area contributed by atoms with Crippen LogP contribution in [0.4, 0.5) is 5.95 Å². The van der Waals surface area contributed by atoms with Gasteiger partial charge in [-0.15, -0.1) is 0 Å². The smallest absolute Gasteiger partial charge is 0.255 e. The highest BCUT2D eigenvalue weighted by molar-refractivity contribution is 5.59. The van der Waals surface area contributed by atoms with Crippen molar-refractivity contribution in [1.82, 2.24) is 19.9 Å². The van der Waals surface area contributed by atoms with Crippen LogP contribution in [0.2, 0.25) is 0 Å². The highest BCUT2D eigenvalue weighted by Gasteiger charge is 2.22. The molecule has 1 aromatic carbocycles. The van der Waals surface area contributed by atoms with Crippen LogP contribution >= 0.6 is 0 Å². The molecule has 4 rings (SSSR count). The summed E-state index contributed by atoms with van der Waals surface area (Å²) in [5.41, 5.74) is 2.79. The zero-order valence-electron chi connectivity index (χ0n) is 17.4. The molecule has 1 aliphatic heterocycles. The number of piperidine rings is 1. The van der Waals surface area contributed by atoms with Gasteiger partial charge in [-0.3, -0.25) is 14.3 Å². The molecule has 156 valence electrons. The van der Waals surface area contributed by atoms with Gasteiger partial charge in [0.25, 0.3) is 5.56 Å². The summed E-state index contributed by atoms with van der Waals surface area (Å²) in [5, 5.41) is 3.65. The third kappa shape index (κ3) is 4.52. The second kappa shape index (κ2) is 9.09. The second-order valence-electron chi connectivity index (χ2n) is 7.56. The van der Waals surface area contributed by atoms with Crippen molar-refractivity contribution >= 4 is 5.95 Å². The Bertz CT molecular complexity index is 1030. The van der Waals surface area contributed by atoms with Crippen molar-refractivity contribution in [2.75, 3.05) is 25.1 Å². The number of nitrogens with one attached hydrogen (secondary N) is 1. The summed E-state index contributed by atoms with van der Waals surface area (Å²) in [6, 6.07) is 13.9. The van der Waals surface area contributed by atoms with E-state index < -0.39 is 0 Å². The van der Waals surface area contributed by atoms with Crippen LogP contribution in [-0.2, 0) is 13.6 Å². The highest BCUT2D eigenvalue weighted by Crippen LogP contribution is 2.21. The minimum absolute atomic E-state index is 0.0495. The number of aromatic nitrogens is 3. The lowest BCUT2D eigenvalue weighted by atomic mass is 10.0. The van der Waals surface area contributed by atoms with E-state index in [1.807, 2.05) is 24.3 Å². The molecule has 0 spiro atoms. The highest BCUT2D eigenvalue weighted by atomic mass is 16.5. The maximum Gasteiger partial charge on any atom is 0.255 e. The van der Waals surface area contributed by atoms with Gasteiger partial charge in [-0.2, -0.15) is 0 Å².